The van der Waals surface area contributed by atoms with E-state index in [1.54, 1.807) is 27.8 Å². The summed E-state index contributed by atoms with van der Waals surface area (Å²) in [5.74, 6) is -0.620. The molecule has 0 fully saturated rings. The number of hydrogen-bond acceptors (Lipinski definition) is 9. The average molecular weight is 567 g/mol. The molecule has 0 aliphatic heterocycles. The van der Waals surface area contributed by atoms with Crippen molar-refractivity contribution in [3.63, 3.8) is 0 Å². The second-order valence-corrected chi connectivity index (χ2v) is 11.0. The number of rotatable bonds is 5. The monoisotopic (exact) mass is 566 g/mol. The first-order valence-corrected chi connectivity index (χ1v) is 13.5. The molecule has 2 aromatic carbocycles. The smallest absolute Gasteiger partial charge is 0.412 e. The zero-order chi connectivity index (χ0) is 28.6. The van der Waals surface area contributed by atoms with Crippen LogP contribution in [0.3, 0.4) is 0 Å². The first-order valence-electron chi connectivity index (χ1n) is 11.8. The largest absolute Gasteiger partial charge is 0.444 e. The Morgan fingerprint density at radius 2 is 1.23 bits per heavy atom. The molecule has 0 radical (unpaired) electrons. The van der Waals surface area contributed by atoms with Crippen molar-refractivity contribution in [2.45, 2.75) is 26.4 Å². The number of aromatic nitrogens is 2. The summed E-state index contributed by atoms with van der Waals surface area (Å²) >= 11 is 2.54. The quantitative estimate of drug-likeness (QED) is 0.257. The average Bonchev–Trinajstić information content (AvgIpc) is 3.52. The Balaban J connectivity index is 0.000000230. The van der Waals surface area contributed by atoms with Crippen molar-refractivity contribution in [2.75, 3.05) is 25.1 Å². The van der Waals surface area contributed by atoms with Gasteiger partial charge in [-0.3, -0.25) is 14.9 Å². The second kappa shape index (κ2) is 13.0. The Kier molecular flexibility index (Phi) is 9.74. The van der Waals surface area contributed by atoms with Gasteiger partial charge in [-0.15, -0.1) is 0 Å². The predicted molar refractivity (Wildman–Crippen MR) is 156 cm³/mol. The maximum absolute atomic E-state index is 12.0. The van der Waals surface area contributed by atoms with Gasteiger partial charge in [0.15, 0.2) is 11.4 Å². The van der Waals surface area contributed by atoms with E-state index in [0.717, 1.165) is 16.1 Å². The molecule has 5 N–H and O–H groups in total. The maximum atomic E-state index is 12.0. The lowest BCUT2D eigenvalue weighted by atomic mass is 10.2. The lowest BCUT2D eigenvalue weighted by Gasteiger charge is -2.19. The summed E-state index contributed by atoms with van der Waals surface area (Å²) < 4.78 is 5.22. The molecule has 0 atom stereocenters. The Morgan fingerprint density at radius 3 is 1.72 bits per heavy atom. The van der Waals surface area contributed by atoms with Crippen LogP contribution in [0.15, 0.2) is 60.7 Å². The zero-order valence-electron chi connectivity index (χ0n) is 22.2. The van der Waals surface area contributed by atoms with E-state index in [9.17, 15) is 14.4 Å². The number of hydrogen-bond donors (Lipinski definition) is 4. The lowest BCUT2D eigenvalue weighted by molar-refractivity contribution is 0.0636. The lowest BCUT2D eigenvalue weighted by Crippen LogP contribution is -2.28. The molecule has 3 amide bonds. The summed E-state index contributed by atoms with van der Waals surface area (Å²) in [6, 6.07) is 19.1. The molecule has 0 bridgehead atoms. The van der Waals surface area contributed by atoms with Crippen LogP contribution in [-0.4, -0.2) is 47.6 Å². The normalized spacial score (nSPS) is 10.6. The van der Waals surface area contributed by atoms with Gasteiger partial charge < -0.3 is 21.1 Å². The molecule has 204 valence electrons. The highest BCUT2D eigenvalue weighted by Crippen LogP contribution is 2.32. The SMILES string of the molecule is CNC(=O)c1nc(-c2ccccc2)sc1N.CNC(=O)c1nc(-c2ccccc2)sc1NC(=O)OC(C)(C)C. The number of carbonyl (C=O) groups excluding carboxylic acids is 3. The second-order valence-electron chi connectivity index (χ2n) is 8.95. The van der Waals surface area contributed by atoms with E-state index in [1.165, 1.54) is 29.7 Å². The number of carbonyl (C=O) groups is 3. The molecular weight excluding hydrogens is 536 g/mol. The molecular formula is C27H30N6O4S2. The van der Waals surface area contributed by atoms with E-state index in [-0.39, 0.29) is 17.5 Å². The number of nitrogens with two attached hydrogens (primary N) is 1. The van der Waals surface area contributed by atoms with Gasteiger partial charge in [0.05, 0.1) is 0 Å². The van der Waals surface area contributed by atoms with Gasteiger partial charge in [-0.05, 0) is 20.8 Å². The van der Waals surface area contributed by atoms with Crippen molar-refractivity contribution in [3.8, 4) is 21.1 Å². The van der Waals surface area contributed by atoms with Gasteiger partial charge in [0.25, 0.3) is 11.8 Å². The van der Waals surface area contributed by atoms with Crippen LogP contribution in [0.5, 0.6) is 0 Å². The summed E-state index contributed by atoms with van der Waals surface area (Å²) in [5.41, 5.74) is 7.44. The maximum Gasteiger partial charge on any atom is 0.412 e. The van der Waals surface area contributed by atoms with Gasteiger partial charge in [0.1, 0.15) is 25.6 Å². The molecule has 0 spiro atoms. The van der Waals surface area contributed by atoms with E-state index >= 15 is 0 Å². The fourth-order valence-electron chi connectivity index (χ4n) is 3.09. The van der Waals surface area contributed by atoms with Crippen molar-refractivity contribution in [3.05, 3.63) is 72.1 Å². The van der Waals surface area contributed by atoms with Gasteiger partial charge in [0, 0.05) is 25.2 Å². The van der Waals surface area contributed by atoms with Crippen LogP contribution in [0.25, 0.3) is 21.1 Å². The van der Waals surface area contributed by atoms with Crippen LogP contribution < -0.4 is 21.7 Å². The van der Waals surface area contributed by atoms with E-state index in [2.05, 4.69) is 25.9 Å². The third kappa shape index (κ3) is 8.09. The number of anilines is 2. The summed E-state index contributed by atoms with van der Waals surface area (Å²) in [6.45, 7) is 5.32. The third-order valence-electron chi connectivity index (χ3n) is 4.82. The van der Waals surface area contributed by atoms with Crippen LogP contribution in [0.4, 0.5) is 14.8 Å². The van der Waals surface area contributed by atoms with E-state index in [4.69, 9.17) is 10.5 Å². The molecule has 0 saturated carbocycles. The highest BCUT2D eigenvalue weighted by molar-refractivity contribution is 7.19. The van der Waals surface area contributed by atoms with Crippen LogP contribution >= 0.6 is 22.7 Å². The standard InChI is InChI=1S/C16H19N3O3S.C11H11N3OS/c1-16(2,3)22-15(21)19-14-11(12(20)17-4)18-13(23-14)10-8-6-5-7-9-10;1-13-10(15)8-9(12)16-11(14-8)7-5-3-2-4-6-7/h5-9H,1-4H3,(H,17,20)(H,19,21);2-6H,12H2,1H3,(H,13,15). The first-order chi connectivity index (χ1) is 18.5. The molecule has 39 heavy (non-hydrogen) atoms. The fraction of sp³-hybridized carbons (Fsp3) is 0.222. The number of amides is 3. The third-order valence-corrected chi connectivity index (χ3v) is 6.77. The van der Waals surface area contributed by atoms with E-state index in [1.807, 2.05) is 60.7 Å². The fourth-order valence-corrected chi connectivity index (χ4v) is 4.88. The summed E-state index contributed by atoms with van der Waals surface area (Å²) in [6.07, 6.45) is -0.620. The van der Waals surface area contributed by atoms with Gasteiger partial charge in [-0.2, -0.15) is 0 Å². The number of nitrogen functional groups attached to an aromatic ring is 1. The molecule has 2 heterocycles. The van der Waals surface area contributed by atoms with Gasteiger partial charge in [0.2, 0.25) is 0 Å². The molecule has 4 rings (SSSR count). The van der Waals surface area contributed by atoms with E-state index < -0.39 is 11.7 Å². The van der Waals surface area contributed by atoms with Crippen LogP contribution in [0.2, 0.25) is 0 Å². The molecule has 12 heteroatoms. The number of benzene rings is 2. The highest BCUT2D eigenvalue weighted by atomic mass is 32.1. The summed E-state index contributed by atoms with van der Waals surface area (Å²) in [7, 11) is 3.07. The minimum absolute atomic E-state index is 0.169. The van der Waals surface area contributed by atoms with Crippen LogP contribution in [0, 0.1) is 0 Å². The number of nitrogens with one attached hydrogen (secondary N) is 3. The molecule has 10 nitrogen and oxygen atoms in total. The van der Waals surface area contributed by atoms with Crippen molar-refractivity contribution in [1.82, 2.24) is 20.6 Å². The van der Waals surface area contributed by atoms with Crippen molar-refractivity contribution in [2.24, 2.45) is 0 Å². The Bertz CT molecular complexity index is 1430. The highest BCUT2D eigenvalue weighted by Gasteiger charge is 2.23. The molecule has 0 saturated heterocycles. The minimum Gasteiger partial charge on any atom is -0.444 e. The Labute approximate surface area is 234 Å². The Morgan fingerprint density at radius 1 is 0.769 bits per heavy atom. The minimum atomic E-state index is -0.621. The van der Waals surface area contributed by atoms with Crippen molar-refractivity contribution < 1.29 is 19.1 Å². The molecule has 2 aromatic heterocycles. The summed E-state index contributed by atoms with van der Waals surface area (Å²) in [5, 5.41) is 9.85. The zero-order valence-corrected chi connectivity index (χ0v) is 23.8. The molecule has 4 aromatic rings. The number of thiazole rings is 2. The van der Waals surface area contributed by atoms with Crippen molar-refractivity contribution in [1.29, 1.82) is 0 Å². The molecule has 0 aliphatic rings. The number of ether oxygens (including phenoxy) is 1. The number of nitrogens with zero attached hydrogens (tertiary/aromatic N) is 2. The molecule has 0 aliphatic carbocycles. The van der Waals surface area contributed by atoms with E-state index in [0.29, 0.717) is 20.7 Å². The first kappa shape index (κ1) is 29.3. The summed E-state index contributed by atoms with van der Waals surface area (Å²) in [4.78, 5) is 43.9. The Hall–Kier alpha value is -4.29. The topological polar surface area (TPSA) is 148 Å². The van der Waals surface area contributed by atoms with Gasteiger partial charge >= 0.3 is 6.09 Å². The van der Waals surface area contributed by atoms with Crippen molar-refractivity contribution >= 4 is 50.6 Å². The van der Waals surface area contributed by atoms with Crippen LogP contribution in [0.1, 0.15) is 41.7 Å². The predicted octanol–water partition coefficient (Wildman–Crippen LogP) is 5.27. The van der Waals surface area contributed by atoms with Crippen LogP contribution in [-0.2, 0) is 4.74 Å². The molecule has 0 unspecified atom stereocenters. The van der Waals surface area contributed by atoms with Gasteiger partial charge in [-0.1, -0.05) is 83.3 Å². The van der Waals surface area contributed by atoms with Gasteiger partial charge in [-0.25, -0.2) is 14.8 Å².